The predicted molar refractivity (Wildman–Crippen MR) is 76.8 cm³/mol. The van der Waals surface area contributed by atoms with Crippen molar-refractivity contribution in [3.63, 3.8) is 0 Å². The lowest BCUT2D eigenvalue weighted by atomic mass is 9.81. The molecule has 2 nitrogen and oxygen atoms in total. The third-order valence-electron chi connectivity index (χ3n) is 4.08. The van der Waals surface area contributed by atoms with Crippen LogP contribution in [0.2, 0.25) is 0 Å². The number of furan rings is 1. The molecule has 1 heterocycles. The molecule has 0 saturated carbocycles. The Labute approximate surface area is 109 Å². The number of fused-ring (bicyclic) bond motifs is 1. The summed E-state index contributed by atoms with van der Waals surface area (Å²) in [5.74, 6) is 0.930. The predicted octanol–water partition coefficient (Wildman–Crippen LogP) is 4.14. The van der Waals surface area contributed by atoms with Gasteiger partial charge in [0.05, 0.1) is 6.54 Å². The summed E-state index contributed by atoms with van der Waals surface area (Å²) in [6.07, 6.45) is 2.09. The van der Waals surface area contributed by atoms with Gasteiger partial charge in [0.25, 0.3) is 0 Å². The molecule has 0 saturated heterocycles. The van der Waals surface area contributed by atoms with Crippen LogP contribution in [-0.2, 0) is 18.4 Å². The van der Waals surface area contributed by atoms with E-state index in [1.165, 1.54) is 16.5 Å². The first kappa shape index (κ1) is 13.2. The zero-order chi connectivity index (χ0) is 13.3. The lowest BCUT2D eigenvalue weighted by Crippen LogP contribution is -2.15. The molecule has 0 aliphatic rings. The maximum absolute atomic E-state index is 5.82. The Morgan fingerprint density at radius 1 is 1.22 bits per heavy atom. The van der Waals surface area contributed by atoms with Gasteiger partial charge < -0.3 is 10.2 Å². The van der Waals surface area contributed by atoms with Crippen molar-refractivity contribution in [2.24, 2.45) is 5.73 Å². The van der Waals surface area contributed by atoms with E-state index in [4.69, 9.17) is 10.2 Å². The topological polar surface area (TPSA) is 39.2 Å². The van der Waals surface area contributed by atoms with Gasteiger partial charge in [0.15, 0.2) is 0 Å². The molecule has 1 aromatic heterocycles. The first-order chi connectivity index (χ1) is 8.53. The minimum absolute atomic E-state index is 0.208. The lowest BCUT2D eigenvalue weighted by molar-refractivity contribution is 0.506. The second-order valence-corrected chi connectivity index (χ2v) is 5.51. The van der Waals surface area contributed by atoms with Crippen molar-refractivity contribution < 1.29 is 4.42 Å². The van der Waals surface area contributed by atoms with Gasteiger partial charge in [-0.3, -0.25) is 0 Å². The van der Waals surface area contributed by atoms with E-state index in [2.05, 4.69) is 45.9 Å². The summed E-state index contributed by atoms with van der Waals surface area (Å²) < 4.78 is 5.82. The van der Waals surface area contributed by atoms with Crippen LogP contribution in [0, 0.1) is 0 Å². The summed E-state index contributed by atoms with van der Waals surface area (Å²) >= 11 is 0. The highest BCUT2D eigenvalue weighted by Gasteiger charge is 2.20. The van der Waals surface area contributed by atoms with Gasteiger partial charge in [0.2, 0.25) is 0 Å². The summed E-state index contributed by atoms with van der Waals surface area (Å²) in [4.78, 5) is 0. The molecule has 0 atom stereocenters. The maximum atomic E-state index is 5.82. The summed E-state index contributed by atoms with van der Waals surface area (Å²) in [5, 5.41) is 1.23. The SMILES string of the molecule is CCc1c(CN)oc2ccc(C(C)(C)CC)cc12. The highest BCUT2D eigenvalue weighted by Crippen LogP contribution is 2.33. The van der Waals surface area contributed by atoms with E-state index < -0.39 is 0 Å². The molecular weight excluding hydrogens is 222 g/mol. The molecule has 0 bridgehead atoms. The van der Waals surface area contributed by atoms with E-state index in [1.807, 2.05) is 0 Å². The molecule has 0 unspecified atom stereocenters. The molecule has 2 N–H and O–H groups in total. The fraction of sp³-hybridized carbons (Fsp3) is 0.500. The average molecular weight is 245 g/mol. The molecule has 0 aliphatic heterocycles. The van der Waals surface area contributed by atoms with Gasteiger partial charge in [-0.1, -0.05) is 33.8 Å². The zero-order valence-corrected chi connectivity index (χ0v) is 11.8. The van der Waals surface area contributed by atoms with E-state index >= 15 is 0 Å². The molecule has 0 radical (unpaired) electrons. The van der Waals surface area contributed by atoms with E-state index in [0.29, 0.717) is 6.54 Å². The van der Waals surface area contributed by atoms with Gasteiger partial charge in [-0.15, -0.1) is 0 Å². The third kappa shape index (κ3) is 2.05. The van der Waals surface area contributed by atoms with Crippen molar-refractivity contribution in [1.82, 2.24) is 0 Å². The van der Waals surface area contributed by atoms with Gasteiger partial charge in [-0.2, -0.15) is 0 Å². The first-order valence-corrected chi connectivity index (χ1v) is 6.78. The van der Waals surface area contributed by atoms with E-state index in [1.54, 1.807) is 0 Å². The van der Waals surface area contributed by atoms with Crippen molar-refractivity contribution >= 4 is 11.0 Å². The molecule has 2 heteroatoms. The number of rotatable bonds is 4. The van der Waals surface area contributed by atoms with Crippen LogP contribution < -0.4 is 5.73 Å². The lowest BCUT2D eigenvalue weighted by Gasteiger charge is -2.23. The van der Waals surface area contributed by atoms with Crippen LogP contribution in [0.5, 0.6) is 0 Å². The molecule has 0 fully saturated rings. The van der Waals surface area contributed by atoms with Crippen molar-refractivity contribution in [2.75, 3.05) is 0 Å². The fourth-order valence-corrected chi connectivity index (χ4v) is 2.38. The number of hydrogen-bond donors (Lipinski definition) is 1. The standard InChI is InChI=1S/C16H23NO/c1-5-12-13-9-11(16(3,4)6-2)7-8-14(13)18-15(12)10-17/h7-9H,5-6,10,17H2,1-4H3. The second-order valence-electron chi connectivity index (χ2n) is 5.51. The number of nitrogens with two attached hydrogens (primary N) is 1. The first-order valence-electron chi connectivity index (χ1n) is 6.78. The van der Waals surface area contributed by atoms with Crippen LogP contribution >= 0.6 is 0 Å². The summed E-state index contributed by atoms with van der Waals surface area (Å²) in [6, 6.07) is 6.54. The normalized spacial score (nSPS) is 12.3. The van der Waals surface area contributed by atoms with Crippen LogP contribution in [0.1, 0.15) is 51.0 Å². The third-order valence-corrected chi connectivity index (χ3v) is 4.08. The molecule has 98 valence electrons. The van der Waals surface area contributed by atoms with Crippen molar-refractivity contribution in [3.05, 3.63) is 35.1 Å². The Bertz CT molecular complexity index is 551. The van der Waals surface area contributed by atoms with Crippen LogP contribution in [0.15, 0.2) is 22.6 Å². The fourth-order valence-electron chi connectivity index (χ4n) is 2.38. The Balaban J connectivity index is 2.63. The molecule has 0 amide bonds. The molecule has 18 heavy (non-hydrogen) atoms. The molecule has 2 rings (SSSR count). The van der Waals surface area contributed by atoms with Crippen molar-refractivity contribution in [2.45, 2.75) is 52.5 Å². The highest BCUT2D eigenvalue weighted by atomic mass is 16.3. The molecule has 0 aliphatic carbocycles. The Morgan fingerprint density at radius 3 is 2.50 bits per heavy atom. The van der Waals surface area contributed by atoms with Crippen LogP contribution in [0.3, 0.4) is 0 Å². The minimum Gasteiger partial charge on any atom is -0.459 e. The second kappa shape index (κ2) is 4.77. The number of hydrogen-bond acceptors (Lipinski definition) is 2. The summed E-state index contributed by atoms with van der Waals surface area (Å²) in [5.41, 5.74) is 9.55. The summed E-state index contributed by atoms with van der Waals surface area (Å²) in [7, 11) is 0. The quantitative estimate of drug-likeness (QED) is 0.879. The number of aryl methyl sites for hydroxylation is 1. The smallest absolute Gasteiger partial charge is 0.134 e. The minimum atomic E-state index is 0.208. The van der Waals surface area contributed by atoms with Crippen LogP contribution in [-0.4, -0.2) is 0 Å². The average Bonchev–Trinajstić information content (AvgIpc) is 2.75. The summed E-state index contributed by atoms with van der Waals surface area (Å²) in [6.45, 7) is 9.42. The molecule has 0 spiro atoms. The van der Waals surface area contributed by atoms with E-state index in [-0.39, 0.29) is 5.41 Å². The van der Waals surface area contributed by atoms with Crippen molar-refractivity contribution in [1.29, 1.82) is 0 Å². The van der Waals surface area contributed by atoms with Crippen LogP contribution in [0.25, 0.3) is 11.0 Å². The van der Waals surface area contributed by atoms with Crippen LogP contribution in [0.4, 0.5) is 0 Å². The Hall–Kier alpha value is -1.28. The van der Waals surface area contributed by atoms with Gasteiger partial charge in [-0.05, 0) is 36.0 Å². The number of benzene rings is 1. The van der Waals surface area contributed by atoms with Gasteiger partial charge in [0.1, 0.15) is 11.3 Å². The zero-order valence-electron chi connectivity index (χ0n) is 11.8. The highest BCUT2D eigenvalue weighted by molar-refractivity contribution is 5.83. The van der Waals surface area contributed by atoms with E-state index in [9.17, 15) is 0 Å². The van der Waals surface area contributed by atoms with Gasteiger partial charge in [0, 0.05) is 10.9 Å². The molecular formula is C16H23NO. The van der Waals surface area contributed by atoms with E-state index in [0.717, 1.165) is 24.2 Å². The largest absolute Gasteiger partial charge is 0.459 e. The monoisotopic (exact) mass is 245 g/mol. The van der Waals surface area contributed by atoms with Gasteiger partial charge in [-0.25, -0.2) is 0 Å². The molecule has 2 aromatic rings. The van der Waals surface area contributed by atoms with Crippen molar-refractivity contribution in [3.8, 4) is 0 Å². The Kier molecular flexibility index (Phi) is 3.49. The Morgan fingerprint density at radius 2 is 1.94 bits per heavy atom. The maximum Gasteiger partial charge on any atom is 0.134 e. The van der Waals surface area contributed by atoms with Gasteiger partial charge >= 0.3 is 0 Å². The molecule has 1 aromatic carbocycles.